The van der Waals surface area contributed by atoms with Crippen molar-refractivity contribution in [1.82, 2.24) is 20.3 Å². The number of carbonyl (C=O) groups is 2. The Morgan fingerprint density at radius 2 is 1.83 bits per heavy atom. The molecule has 1 fully saturated rings. The summed E-state index contributed by atoms with van der Waals surface area (Å²) >= 11 is 0. The Balaban J connectivity index is 1.34. The largest absolute Gasteiger partial charge is 0.378 e. The number of pyridine rings is 1. The molecule has 5 rings (SSSR count). The topological polar surface area (TPSA) is 118 Å². The molecular formula is C25H20F2N6O3. The third-order valence-corrected chi connectivity index (χ3v) is 5.53. The highest BCUT2D eigenvalue weighted by molar-refractivity contribution is 6.11. The van der Waals surface area contributed by atoms with E-state index in [-0.39, 0.29) is 28.5 Å². The number of ether oxygens (including phenoxy) is 1. The second-order valence-electron chi connectivity index (χ2n) is 8.07. The molecule has 4 aromatic rings. The van der Waals surface area contributed by atoms with Crippen LogP contribution in [-0.4, -0.2) is 46.5 Å². The molecule has 182 valence electrons. The molecule has 1 atom stereocenters. The van der Waals surface area contributed by atoms with E-state index in [0.29, 0.717) is 24.2 Å². The molecule has 0 saturated carbocycles. The second kappa shape index (κ2) is 10.1. The van der Waals surface area contributed by atoms with Crippen LogP contribution < -0.4 is 16.0 Å². The van der Waals surface area contributed by atoms with Crippen LogP contribution in [-0.2, 0) is 4.74 Å². The summed E-state index contributed by atoms with van der Waals surface area (Å²) in [6, 6.07) is 8.71. The number of nitrogens with one attached hydrogen (secondary N) is 3. The monoisotopic (exact) mass is 490 g/mol. The van der Waals surface area contributed by atoms with Gasteiger partial charge in [0.15, 0.2) is 5.78 Å². The molecule has 1 unspecified atom stereocenters. The van der Waals surface area contributed by atoms with Crippen molar-refractivity contribution in [2.75, 3.05) is 30.4 Å². The lowest BCUT2D eigenvalue weighted by Crippen LogP contribution is -2.35. The molecule has 11 heteroatoms. The van der Waals surface area contributed by atoms with Crippen molar-refractivity contribution in [3.8, 4) is 0 Å². The summed E-state index contributed by atoms with van der Waals surface area (Å²) in [5.41, 5.74) is 2.11. The van der Waals surface area contributed by atoms with Gasteiger partial charge in [-0.2, -0.15) is 0 Å². The normalized spacial score (nSPS) is 15.4. The zero-order chi connectivity index (χ0) is 25.1. The van der Waals surface area contributed by atoms with Crippen LogP contribution >= 0.6 is 0 Å². The Kier molecular flexibility index (Phi) is 6.56. The van der Waals surface area contributed by atoms with Crippen LogP contribution in [0.25, 0.3) is 11.0 Å². The Bertz CT molecular complexity index is 1460. The number of benzene rings is 2. The zero-order valence-electron chi connectivity index (χ0n) is 18.8. The van der Waals surface area contributed by atoms with Crippen LogP contribution in [0, 0.1) is 11.6 Å². The van der Waals surface area contributed by atoms with Crippen LogP contribution in [0.5, 0.6) is 0 Å². The van der Waals surface area contributed by atoms with Crippen molar-refractivity contribution in [2.24, 2.45) is 0 Å². The molecule has 2 aromatic heterocycles. The standard InChI is InChI=1S/C25H20F2N6O3/c26-15-8-17(11-28-10-15)32-25(35)31-16-2-3-19(27)18(9-16)24(34)14-1-4-20-21(7-14)30-12-22(33-20)23-13-36-6-5-29-23/h1-4,7-12,23,29H,5-6,13H2,(H2,31,32,35). The number of urea groups is 1. The fourth-order valence-electron chi connectivity index (χ4n) is 3.80. The second-order valence-corrected chi connectivity index (χ2v) is 8.07. The number of halogens is 2. The lowest BCUT2D eigenvalue weighted by molar-refractivity contribution is 0.0756. The highest BCUT2D eigenvalue weighted by Crippen LogP contribution is 2.22. The average Bonchev–Trinajstić information content (AvgIpc) is 2.89. The molecule has 1 saturated heterocycles. The van der Waals surface area contributed by atoms with E-state index in [1.165, 1.54) is 18.3 Å². The number of fused-ring (bicyclic) bond motifs is 1. The third-order valence-electron chi connectivity index (χ3n) is 5.53. The van der Waals surface area contributed by atoms with Crippen molar-refractivity contribution in [2.45, 2.75) is 6.04 Å². The number of ketones is 1. The average molecular weight is 490 g/mol. The lowest BCUT2D eigenvalue weighted by Gasteiger charge is -2.23. The van der Waals surface area contributed by atoms with Gasteiger partial charge in [-0.3, -0.25) is 14.8 Å². The first kappa shape index (κ1) is 23.4. The predicted octanol–water partition coefficient (Wildman–Crippen LogP) is 3.84. The van der Waals surface area contributed by atoms with Crippen LogP contribution in [0.2, 0.25) is 0 Å². The number of hydrogen-bond donors (Lipinski definition) is 3. The first-order chi connectivity index (χ1) is 17.5. The number of aromatic nitrogens is 3. The van der Waals surface area contributed by atoms with Crippen LogP contribution in [0.15, 0.2) is 61.1 Å². The fourth-order valence-corrected chi connectivity index (χ4v) is 3.80. The maximum Gasteiger partial charge on any atom is 0.323 e. The van der Waals surface area contributed by atoms with Crippen LogP contribution in [0.1, 0.15) is 27.7 Å². The molecule has 0 radical (unpaired) electrons. The molecule has 3 N–H and O–H groups in total. The van der Waals surface area contributed by atoms with Gasteiger partial charge in [0.05, 0.1) is 65.8 Å². The summed E-state index contributed by atoms with van der Waals surface area (Å²) in [6.45, 7) is 1.87. The molecule has 2 amide bonds. The van der Waals surface area contributed by atoms with E-state index >= 15 is 0 Å². The predicted molar refractivity (Wildman–Crippen MR) is 128 cm³/mol. The van der Waals surface area contributed by atoms with Crippen LogP contribution in [0.4, 0.5) is 25.0 Å². The molecule has 9 nitrogen and oxygen atoms in total. The summed E-state index contributed by atoms with van der Waals surface area (Å²) in [7, 11) is 0. The highest BCUT2D eigenvalue weighted by Gasteiger charge is 2.19. The quantitative estimate of drug-likeness (QED) is 0.364. The molecule has 2 aromatic carbocycles. The van der Waals surface area contributed by atoms with E-state index in [2.05, 4.69) is 30.9 Å². The van der Waals surface area contributed by atoms with E-state index < -0.39 is 23.4 Å². The molecule has 3 heterocycles. The van der Waals surface area contributed by atoms with Crippen molar-refractivity contribution >= 4 is 34.2 Å². The first-order valence-corrected chi connectivity index (χ1v) is 11.1. The lowest BCUT2D eigenvalue weighted by atomic mass is 10.0. The Morgan fingerprint density at radius 3 is 2.64 bits per heavy atom. The fraction of sp³-hybridized carbons (Fsp3) is 0.160. The molecule has 36 heavy (non-hydrogen) atoms. The molecule has 0 bridgehead atoms. The van der Waals surface area contributed by atoms with Gasteiger partial charge in [-0.1, -0.05) is 0 Å². The Morgan fingerprint density at radius 1 is 0.972 bits per heavy atom. The maximum absolute atomic E-state index is 14.6. The van der Waals surface area contributed by atoms with Gasteiger partial charge < -0.3 is 20.7 Å². The van der Waals surface area contributed by atoms with Gasteiger partial charge >= 0.3 is 6.03 Å². The van der Waals surface area contributed by atoms with Crippen molar-refractivity contribution < 1.29 is 23.1 Å². The Hall–Kier alpha value is -4.35. The minimum Gasteiger partial charge on any atom is -0.378 e. The van der Waals surface area contributed by atoms with Crippen LogP contribution in [0.3, 0.4) is 0 Å². The molecule has 1 aliphatic heterocycles. The number of rotatable bonds is 5. The number of hydrogen-bond acceptors (Lipinski definition) is 7. The molecule has 0 spiro atoms. The van der Waals surface area contributed by atoms with E-state index in [4.69, 9.17) is 4.74 Å². The number of nitrogens with zero attached hydrogens (tertiary/aromatic N) is 3. The van der Waals surface area contributed by atoms with Gasteiger partial charge in [-0.05, 0) is 36.4 Å². The highest BCUT2D eigenvalue weighted by atomic mass is 19.1. The molecule has 0 aliphatic carbocycles. The van der Waals surface area contributed by atoms with E-state index in [1.54, 1.807) is 24.4 Å². The van der Waals surface area contributed by atoms with Crippen molar-refractivity contribution in [1.29, 1.82) is 0 Å². The Labute approximate surface area is 203 Å². The van der Waals surface area contributed by atoms with Gasteiger partial charge in [0.2, 0.25) is 0 Å². The number of anilines is 2. The smallest absolute Gasteiger partial charge is 0.323 e. The number of morpholine rings is 1. The minimum atomic E-state index is -0.745. The van der Waals surface area contributed by atoms with Gasteiger partial charge in [0.1, 0.15) is 11.6 Å². The summed E-state index contributed by atoms with van der Waals surface area (Å²) in [5, 5.41) is 8.22. The number of carbonyl (C=O) groups excluding carboxylic acids is 2. The van der Waals surface area contributed by atoms with E-state index in [0.717, 1.165) is 30.6 Å². The van der Waals surface area contributed by atoms with Gasteiger partial charge in [0.25, 0.3) is 0 Å². The zero-order valence-corrected chi connectivity index (χ0v) is 18.8. The minimum absolute atomic E-state index is 0.0596. The van der Waals surface area contributed by atoms with Crippen molar-refractivity contribution in [3.63, 3.8) is 0 Å². The maximum atomic E-state index is 14.6. The summed E-state index contributed by atoms with van der Waals surface area (Å²) in [4.78, 5) is 38.0. The summed E-state index contributed by atoms with van der Waals surface area (Å²) < 4.78 is 33.3. The van der Waals surface area contributed by atoms with Gasteiger partial charge in [0, 0.05) is 23.9 Å². The van der Waals surface area contributed by atoms with Gasteiger partial charge in [-0.25, -0.2) is 18.6 Å². The number of amides is 2. The first-order valence-electron chi connectivity index (χ1n) is 11.1. The third kappa shape index (κ3) is 5.16. The van der Waals surface area contributed by atoms with E-state index in [1.807, 2.05) is 0 Å². The SMILES string of the molecule is O=C(Nc1cncc(F)c1)Nc1ccc(F)c(C(=O)c2ccc3nc(C4COCCN4)cnc3c2)c1. The summed E-state index contributed by atoms with van der Waals surface area (Å²) in [6.07, 6.45) is 3.90. The van der Waals surface area contributed by atoms with Crippen molar-refractivity contribution in [3.05, 3.63) is 89.5 Å². The van der Waals surface area contributed by atoms with Gasteiger partial charge in [-0.15, -0.1) is 0 Å². The molecule has 1 aliphatic rings. The summed E-state index contributed by atoms with van der Waals surface area (Å²) in [5.74, 6) is -1.94. The molecular weight excluding hydrogens is 470 g/mol. The van der Waals surface area contributed by atoms with E-state index in [9.17, 15) is 18.4 Å².